The van der Waals surface area contributed by atoms with E-state index < -0.39 is 50.3 Å². The smallest absolute Gasteiger partial charge is 0.407 e. The molecule has 0 spiro atoms. The highest BCUT2D eigenvalue weighted by Gasteiger charge is 2.42. The van der Waals surface area contributed by atoms with Gasteiger partial charge in [-0.2, -0.15) is 4.31 Å². The monoisotopic (exact) mass is 385 g/mol. The summed E-state index contributed by atoms with van der Waals surface area (Å²) >= 11 is 0. The van der Waals surface area contributed by atoms with Gasteiger partial charge in [0.15, 0.2) is 4.90 Å². The summed E-state index contributed by atoms with van der Waals surface area (Å²) in [6, 6.07) is 3.57. The van der Waals surface area contributed by atoms with Gasteiger partial charge in [0, 0.05) is 18.7 Å². The number of hydrogen-bond donors (Lipinski definition) is 2. The summed E-state index contributed by atoms with van der Waals surface area (Å²) < 4.78 is 31.5. The number of carbonyl (C=O) groups excluding carboxylic acids is 1. The molecule has 1 heterocycles. The number of nitro groups is 1. The standard InChI is InChI=1S/C15H19N3O7S/c1-2-7-25-15(20)16-11-8-12(10-19)17(9-11)26(23,24)14-6-4-3-5-13(14)18(21)22/h2-6,11-12,19H,1,7-10H2,(H,16,20)/t11-,12+/m1/s1. The molecule has 0 bridgehead atoms. The van der Waals surface area contributed by atoms with Crippen LogP contribution in [0, 0.1) is 10.1 Å². The van der Waals surface area contributed by atoms with E-state index in [4.69, 9.17) is 4.74 Å². The van der Waals surface area contributed by atoms with Gasteiger partial charge < -0.3 is 15.2 Å². The molecule has 0 radical (unpaired) electrons. The van der Waals surface area contributed by atoms with E-state index in [0.717, 1.165) is 16.4 Å². The zero-order chi connectivity index (χ0) is 19.3. The number of nitrogens with zero attached hydrogens (tertiary/aromatic N) is 2. The zero-order valence-corrected chi connectivity index (χ0v) is 14.6. The number of ether oxygens (including phenoxy) is 1. The van der Waals surface area contributed by atoms with E-state index in [2.05, 4.69) is 11.9 Å². The van der Waals surface area contributed by atoms with Crippen molar-refractivity contribution in [2.24, 2.45) is 0 Å². The van der Waals surface area contributed by atoms with Crippen LogP contribution in [0.5, 0.6) is 0 Å². The molecule has 1 aliphatic heterocycles. The Morgan fingerprint density at radius 1 is 1.50 bits per heavy atom. The number of sulfonamides is 1. The number of carbonyl (C=O) groups is 1. The van der Waals surface area contributed by atoms with E-state index in [1.165, 1.54) is 18.2 Å². The molecule has 1 amide bonds. The summed E-state index contributed by atoms with van der Waals surface area (Å²) in [6.45, 7) is 2.79. The van der Waals surface area contributed by atoms with Gasteiger partial charge in [-0.05, 0) is 12.5 Å². The second-order valence-electron chi connectivity index (χ2n) is 5.60. The highest BCUT2D eigenvalue weighted by Crippen LogP contribution is 2.31. The van der Waals surface area contributed by atoms with E-state index >= 15 is 0 Å². The largest absolute Gasteiger partial charge is 0.445 e. The Labute approximate surface area is 150 Å². The van der Waals surface area contributed by atoms with Crippen molar-refractivity contribution in [2.75, 3.05) is 19.8 Å². The van der Waals surface area contributed by atoms with Gasteiger partial charge in [-0.1, -0.05) is 24.8 Å². The van der Waals surface area contributed by atoms with Crippen LogP contribution >= 0.6 is 0 Å². The maximum Gasteiger partial charge on any atom is 0.407 e. The predicted molar refractivity (Wildman–Crippen MR) is 90.9 cm³/mol. The summed E-state index contributed by atoms with van der Waals surface area (Å²) in [4.78, 5) is 21.5. The number of para-hydroxylation sites is 1. The van der Waals surface area contributed by atoms with Crippen LogP contribution in [-0.2, 0) is 14.8 Å². The van der Waals surface area contributed by atoms with Crippen molar-refractivity contribution in [3.8, 4) is 0 Å². The van der Waals surface area contributed by atoms with Crippen LogP contribution in [0.15, 0.2) is 41.8 Å². The van der Waals surface area contributed by atoms with Gasteiger partial charge in [-0.3, -0.25) is 10.1 Å². The molecule has 2 N–H and O–H groups in total. The maximum atomic E-state index is 12.9. The minimum atomic E-state index is -4.24. The van der Waals surface area contributed by atoms with Gasteiger partial charge in [0.05, 0.1) is 17.6 Å². The Morgan fingerprint density at radius 2 is 2.19 bits per heavy atom. The summed E-state index contributed by atoms with van der Waals surface area (Å²) in [5, 5.41) is 23.2. The third kappa shape index (κ3) is 4.18. The first kappa shape index (κ1) is 19.8. The molecule has 142 valence electrons. The van der Waals surface area contributed by atoms with Gasteiger partial charge in [0.1, 0.15) is 6.61 Å². The number of hydrogen-bond acceptors (Lipinski definition) is 7. The van der Waals surface area contributed by atoms with Crippen LogP contribution in [0.3, 0.4) is 0 Å². The molecule has 0 aromatic heterocycles. The SMILES string of the molecule is C=CCOC(=O)N[C@@H]1C[C@@H](CO)N(S(=O)(=O)c2ccccc2[N+](=O)[O-])C1. The summed E-state index contributed by atoms with van der Waals surface area (Å²) in [5.74, 6) is 0. The lowest BCUT2D eigenvalue weighted by atomic mass is 10.2. The third-order valence-corrected chi connectivity index (χ3v) is 5.84. The molecular formula is C15H19N3O7S. The first-order valence-electron chi connectivity index (χ1n) is 7.71. The minimum Gasteiger partial charge on any atom is -0.445 e. The lowest BCUT2D eigenvalue weighted by Crippen LogP contribution is -2.40. The average molecular weight is 385 g/mol. The normalized spacial score (nSPS) is 20.5. The highest BCUT2D eigenvalue weighted by atomic mass is 32.2. The Bertz CT molecular complexity index is 796. The third-order valence-electron chi connectivity index (χ3n) is 3.88. The molecule has 1 aromatic rings. The highest BCUT2D eigenvalue weighted by molar-refractivity contribution is 7.89. The van der Waals surface area contributed by atoms with Crippen LogP contribution in [0.25, 0.3) is 0 Å². The lowest BCUT2D eigenvalue weighted by Gasteiger charge is -2.22. The molecule has 1 fully saturated rings. The van der Waals surface area contributed by atoms with Crippen molar-refractivity contribution in [3.63, 3.8) is 0 Å². The van der Waals surface area contributed by atoms with Crippen LogP contribution in [-0.4, -0.2) is 60.7 Å². The van der Waals surface area contributed by atoms with Crippen molar-refractivity contribution in [3.05, 3.63) is 47.0 Å². The second-order valence-corrected chi connectivity index (χ2v) is 7.46. The Morgan fingerprint density at radius 3 is 2.81 bits per heavy atom. The number of amides is 1. The van der Waals surface area contributed by atoms with Crippen LogP contribution in [0.2, 0.25) is 0 Å². The molecule has 11 heteroatoms. The Hall–Kier alpha value is -2.50. The molecule has 2 atom stereocenters. The van der Waals surface area contributed by atoms with E-state index in [9.17, 15) is 28.4 Å². The summed E-state index contributed by atoms with van der Waals surface area (Å²) in [6.07, 6.45) is 0.798. The molecule has 0 saturated carbocycles. The molecule has 0 aliphatic carbocycles. The number of aliphatic hydroxyl groups excluding tert-OH is 1. The van der Waals surface area contributed by atoms with Gasteiger partial charge >= 0.3 is 6.09 Å². The maximum absolute atomic E-state index is 12.9. The molecule has 1 saturated heterocycles. The number of nitrogens with one attached hydrogen (secondary N) is 1. The predicted octanol–water partition coefficient (Wildman–Crippen LogP) is 0.631. The van der Waals surface area contributed by atoms with E-state index in [-0.39, 0.29) is 19.6 Å². The van der Waals surface area contributed by atoms with Crippen molar-refractivity contribution in [1.29, 1.82) is 0 Å². The number of alkyl carbamates (subject to hydrolysis) is 1. The van der Waals surface area contributed by atoms with Crippen molar-refractivity contribution >= 4 is 21.8 Å². The quantitative estimate of drug-likeness (QED) is 0.399. The second kappa shape index (κ2) is 8.25. The summed E-state index contributed by atoms with van der Waals surface area (Å²) in [7, 11) is -4.24. The van der Waals surface area contributed by atoms with Crippen molar-refractivity contribution in [2.45, 2.75) is 23.4 Å². The average Bonchev–Trinajstić information content (AvgIpc) is 3.03. The van der Waals surface area contributed by atoms with E-state index in [0.29, 0.717) is 0 Å². The van der Waals surface area contributed by atoms with Crippen molar-refractivity contribution < 1.29 is 28.0 Å². The fourth-order valence-electron chi connectivity index (χ4n) is 2.75. The van der Waals surface area contributed by atoms with E-state index in [1.807, 2.05) is 0 Å². The van der Waals surface area contributed by atoms with Gasteiger partial charge in [0.25, 0.3) is 5.69 Å². The lowest BCUT2D eigenvalue weighted by molar-refractivity contribution is -0.387. The number of benzene rings is 1. The number of rotatable bonds is 7. The van der Waals surface area contributed by atoms with Crippen LogP contribution < -0.4 is 5.32 Å². The van der Waals surface area contributed by atoms with Crippen molar-refractivity contribution in [1.82, 2.24) is 9.62 Å². The Balaban J connectivity index is 2.24. The minimum absolute atomic E-state index is 0.000203. The van der Waals surface area contributed by atoms with Gasteiger partial charge in [-0.15, -0.1) is 0 Å². The van der Waals surface area contributed by atoms with Crippen LogP contribution in [0.4, 0.5) is 10.5 Å². The fourth-order valence-corrected chi connectivity index (χ4v) is 4.58. The molecule has 2 rings (SSSR count). The molecule has 10 nitrogen and oxygen atoms in total. The van der Waals surface area contributed by atoms with Crippen LogP contribution in [0.1, 0.15) is 6.42 Å². The fraction of sp³-hybridized carbons (Fsp3) is 0.400. The number of aliphatic hydroxyl groups is 1. The zero-order valence-electron chi connectivity index (χ0n) is 13.8. The van der Waals surface area contributed by atoms with Gasteiger partial charge in [-0.25, -0.2) is 13.2 Å². The Kier molecular flexibility index (Phi) is 6.29. The first-order chi connectivity index (χ1) is 12.3. The molecule has 0 unspecified atom stereocenters. The van der Waals surface area contributed by atoms with Gasteiger partial charge in [0.2, 0.25) is 10.0 Å². The molecule has 26 heavy (non-hydrogen) atoms. The topological polar surface area (TPSA) is 139 Å². The van der Waals surface area contributed by atoms with E-state index in [1.54, 1.807) is 0 Å². The molecule has 1 aliphatic rings. The summed E-state index contributed by atoms with van der Waals surface area (Å²) in [5.41, 5.74) is -0.550. The number of nitro benzene ring substituents is 1. The molecule has 1 aromatic carbocycles. The molecular weight excluding hydrogens is 366 g/mol. The first-order valence-corrected chi connectivity index (χ1v) is 9.15.